The molecular formula is C8H19NO2S. The van der Waals surface area contributed by atoms with Gasteiger partial charge in [0.25, 0.3) is 0 Å². The van der Waals surface area contributed by atoms with Gasteiger partial charge in [0.2, 0.25) is 0 Å². The van der Waals surface area contributed by atoms with Gasteiger partial charge < -0.3 is 9.84 Å². The summed E-state index contributed by atoms with van der Waals surface area (Å²) < 4.78 is 4.97. The molecule has 0 aliphatic carbocycles. The molecule has 0 spiro atoms. The molecule has 0 unspecified atom stereocenters. The van der Waals surface area contributed by atoms with Crippen molar-refractivity contribution in [1.29, 1.82) is 0 Å². The van der Waals surface area contributed by atoms with Crippen molar-refractivity contribution in [3.05, 3.63) is 0 Å². The quantitative estimate of drug-likeness (QED) is 0.600. The molecule has 0 aromatic rings. The number of hydrogen-bond acceptors (Lipinski definition) is 4. The Labute approximate surface area is 79.1 Å². The number of hydrogen-bond donors (Lipinski definition) is 1. The van der Waals surface area contributed by atoms with Crippen molar-refractivity contribution < 1.29 is 9.84 Å². The Bertz CT molecular complexity index is 85.1. The summed E-state index contributed by atoms with van der Waals surface area (Å²) in [5, 5.41) is 8.75. The molecule has 4 heteroatoms. The molecule has 0 heterocycles. The molecule has 0 fully saturated rings. The van der Waals surface area contributed by atoms with E-state index in [1.165, 1.54) is 0 Å². The van der Waals surface area contributed by atoms with Crippen molar-refractivity contribution >= 4 is 11.8 Å². The predicted octanol–water partition coefficient (Wildman–Crippen LogP) is 0.290. The molecule has 74 valence electrons. The van der Waals surface area contributed by atoms with E-state index in [0.717, 1.165) is 32.0 Å². The topological polar surface area (TPSA) is 32.7 Å². The lowest BCUT2D eigenvalue weighted by Crippen LogP contribution is -2.32. The van der Waals surface area contributed by atoms with Gasteiger partial charge in [-0.15, -0.1) is 0 Å². The number of aliphatic hydroxyl groups is 1. The summed E-state index contributed by atoms with van der Waals surface area (Å²) >= 11 is 1.83. The molecule has 0 rings (SSSR count). The van der Waals surface area contributed by atoms with Crippen LogP contribution < -0.4 is 0 Å². The van der Waals surface area contributed by atoms with E-state index in [1.807, 2.05) is 11.8 Å². The van der Waals surface area contributed by atoms with Gasteiger partial charge in [-0.1, -0.05) is 0 Å². The molecule has 0 aliphatic rings. The Hall–Kier alpha value is 0.230. The van der Waals surface area contributed by atoms with Crippen molar-refractivity contribution in [2.75, 3.05) is 52.0 Å². The van der Waals surface area contributed by atoms with Crippen molar-refractivity contribution in [2.24, 2.45) is 0 Å². The van der Waals surface area contributed by atoms with E-state index < -0.39 is 0 Å². The van der Waals surface area contributed by atoms with E-state index in [4.69, 9.17) is 9.84 Å². The Balaban J connectivity index is 3.40. The Morgan fingerprint density at radius 2 is 2.08 bits per heavy atom. The summed E-state index contributed by atoms with van der Waals surface area (Å²) in [6, 6.07) is 0. The van der Waals surface area contributed by atoms with Gasteiger partial charge in [-0.05, 0) is 6.26 Å². The van der Waals surface area contributed by atoms with Gasteiger partial charge in [-0.2, -0.15) is 11.8 Å². The van der Waals surface area contributed by atoms with Gasteiger partial charge in [0, 0.05) is 32.5 Å². The highest BCUT2D eigenvalue weighted by Crippen LogP contribution is 1.95. The third kappa shape index (κ3) is 6.91. The van der Waals surface area contributed by atoms with Crippen LogP contribution in [0, 0.1) is 0 Å². The maximum atomic E-state index is 8.75. The van der Waals surface area contributed by atoms with Crippen molar-refractivity contribution in [3.8, 4) is 0 Å². The summed E-state index contributed by atoms with van der Waals surface area (Å²) in [6.07, 6.45) is 2.09. The molecule has 0 atom stereocenters. The first kappa shape index (κ1) is 12.2. The fraction of sp³-hybridized carbons (Fsp3) is 1.00. The van der Waals surface area contributed by atoms with Crippen LogP contribution in [-0.4, -0.2) is 62.0 Å². The number of rotatable bonds is 8. The maximum Gasteiger partial charge on any atom is 0.0589 e. The van der Waals surface area contributed by atoms with Crippen molar-refractivity contribution in [1.82, 2.24) is 4.90 Å². The van der Waals surface area contributed by atoms with Gasteiger partial charge in [-0.25, -0.2) is 0 Å². The highest BCUT2D eigenvalue weighted by Gasteiger charge is 2.01. The first-order valence-corrected chi connectivity index (χ1v) is 5.55. The zero-order valence-corrected chi connectivity index (χ0v) is 8.77. The first-order chi connectivity index (χ1) is 5.85. The standard InChI is InChI=1S/C8H19NO2S/c1-11-7-4-9(3-6-10)5-8-12-2/h10H,3-8H2,1-2H3. The van der Waals surface area contributed by atoms with Gasteiger partial charge in [0.05, 0.1) is 13.2 Å². The molecular weight excluding hydrogens is 174 g/mol. The number of methoxy groups -OCH3 is 1. The van der Waals surface area contributed by atoms with E-state index in [9.17, 15) is 0 Å². The second-order valence-electron chi connectivity index (χ2n) is 2.55. The van der Waals surface area contributed by atoms with Crippen LogP contribution in [0.5, 0.6) is 0 Å². The average Bonchev–Trinajstić information content (AvgIpc) is 2.10. The maximum absolute atomic E-state index is 8.75. The Kier molecular flexibility index (Phi) is 9.50. The molecule has 0 saturated heterocycles. The minimum atomic E-state index is 0.234. The van der Waals surface area contributed by atoms with E-state index >= 15 is 0 Å². The zero-order chi connectivity index (χ0) is 9.23. The fourth-order valence-corrected chi connectivity index (χ4v) is 1.36. The van der Waals surface area contributed by atoms with Crippen LogP contribution in [0.3, 0.4) is 0 Å². The summed E-state index contributed by atoms with van der Waals surface area (Å²) in [5.41, 5.74) is 0. The zero-order valence-electron chi connectivity index (χ0n) is 7.95. The van der Waals surface area contributed by atoms with Crippen LogP contribution >= 0.6 is 11.8 Å². The number of aliphatic hydroxyl groups excluding tert-OH is 1. The Morgan fingerprint density at radius 1 is 1.33 bits per heavy atom. The minimum Gasteiger partial charge on any atom is -0.395 e. The van der Waals surface area contributed by atoms with E-state index in [1.54, 1.807) is 7.11 Å². The third-order valence-electron chi connectivity index (χ3n) is 1.64. The number of thioether (sulfide) groups is 1. The Morgan fingerprint density at radius 3 is 2.58 bits per heavy atom. The SMILES string of the molecule is COCCN(CCO)CCSC. The lowest BCUT2D eigenvalue weighted by Gasteiger charge is -2.19. The summed E-state index contributed by atoms with van der Waals surface area (Å²) in [6.45, 7) is 3.68. The second-order valence-corrected chi connectivity index (χ2v) is 3.54. The monoisotopic (exact) mass is 193 g/mol. The molecule has 12 heavy (non-hydrogen) atoms. The van der Waals surface area contributed by atoms with Crippen molar-refractivity contribution in [3.63, 3.8) is 0 Å². The fourth-order valence-electron chi connectivity index (χ4n) is 0.918. The highest BCUT2D eigenvalue weighted by atomic mass is 32.2. The van der Waals surface area contributed by atoms with Gasteiger partial charge in [0.1, 0.15) is 0 Å². The first-order valence-electron chi connectivity index (χ1n) is 4.16. The van der Waals surface area contributed by atoms with Crippen LogP contribution in [0.15, 0.2) is 0 Å². The average molecular weight is 193 g/mol. The molecule has 0 amide bonds. The predicted molar refractivity (Wildman–Crippen MR) is 53.8 cm³/mol. The summed E-state index contributed by atoms with van der Waals surface area (Å²) in [4.78, 5) is 2.21. The molecule has 0 radical (unpaired) electrons. The van der Waals surface area contributed by atoms with Gasteiger partial charge >= 0.3 is 0 Å². The van der Waals surface area contributed by atoms with Crippen LogP contribution in [0.4, 0.5) is 0 Å². The molecule has 0 aromatic carbocycles. The lowest BCUT2D eigenvalue weighted by atomic mass is 10.5. The van der Waals surface area contributed by atoms with Crippen LogP contribution in [0.2, 0.25) is 0 Å². The van der Waals surface area contributed by atoms with E-state index in [-0.39, 0.29) is 6.61 Å². The number of ether oxygens (including phenoxy) is 1. The van der Waals surface area contributed by atoms with Crippen LogP contribution in [0.1, 0.15) is 0 Å². The largest absolute Gasteiger partial charge is 0.395 e. The van der Waals surface area contributed by atoms with E-state index in [2.05, 4.69) is 11.2 Å². The molecule has 0 aliphatic heterocycles. The summed E-state index contributed by atoms with van der Waals surface area (Å²) in [7, 11) is 1.70. The highest BCUT2D eigenvalue weighted by molar-refractivity contribution is 7.98. The molecule has 3 nitrogen and oxygen atoms in total. The molecule has 0 aromatic heterocycles. The van der Waals surface area contributed by atoms with E-state index in [0.29, 0.717) is 0 Å². The minimum absolute atomic E-state index is 0.234. The van der Waals surface area contributed by atoms with Gasteiger partial charge in [0.15, 0.2) is 0 Å². The number of nitrogens with zero attached hydrogens (tertiary/aromatic N) is 1. The molecule has 1 N–H and O–H groups in total. The summed E-state index contributed by atoms with van der Waals surface area (Å²) in [5.74, 6) is 1.11. The lowest BCUT2D eigenvalue weighted by molar-refractivity contribution is 0.135. The smallest absolute Gasteiger partial charge is 0.0589 e. The molecule has 0 bridgehead atoms. The second kappa shape index (κ2) is 9.32. The molecule has 0 saturated carbocycles. The van der Waals surface area contributed by atoms with Crippen LogP contribution in [-0.2, 0) is 4.74 Å². The van der Waals surface area contributed by atoms with Crippen molar-refractivity contribution in [2.45, 2.75) is 0 Å². The van der Waals surface area contributed by atoms with Gasteiger partial charge in [-0.3, -0.25) is 4.90 Å². The normalized spacial score (nSPS) is 11.0. The van der Waals surface area contributed by atoms with Crippen LogP contribution in [0.25, 0.3) is 0 Å². The third-order valence-corrected chi connectivity index (χ3v) is 2.23.